The van der Waals surface area contributed by atoms with Crippen LogP contribution in [0.3, 0.4) is 0 Å². The number of hydrogen-bond donors (Lipinski definition) is 1. The van der Waals surface area contributed by atoms with Gasteiger partial charge in [-0.05, 0) is 30.9 Å². The zero-order valence-electron chi connectivity index (χ0n) is 9.93. The summed E-state index contributed by atoms with van der Waals surface area (Å²) in [5.41, 5.74) is 7.42. The molecule has 0 bridgehead atoms. The minimum atomic E-state index is 0.304. The zero-order valence-corrected chi connectivity index (χ0v) is 10.7. The summed E-state index contributed by atoms with van der Waals surface area (Å²) in [4.78, 5) is 4.66. The maximum Gasteiger partial charge on any atom is 0.0954 e. The Labute approximate surface area is 106 Å². The Morgan fingerprint density at radius 2 is 2.06 bits per heavy atom. The van der Waals surface area contributed by atoms with Crippen LogP contribution in [0, 0.1) is 5.92 Å². The van der Waals surface area contributed by atoms with Crippen molar-refractivity contribution in [3.8, 4) is 0 Å². The second kappa shape index (κ2) is 4.75. The second-order valence-corrected chi connectivity index (χ2v) is 6.10. The van der Waals surface area contributed by atoms with Crippen LogP contribution in [0.1, 0.15) is 30.7 Å². The van der Waals surface area contributed by atoms with Crippen LogP contribution < -0.4 is 5.73 Å². The first-order chi connectivity index (χ1) is 8.33. The van der Waals surface area contributed by atoms with Crippen LogP contribution in [0.4, 0.5) is 0 Å². The number of rotatable bonds is 3. The predicted molar refractivity (Wildman–Crippen MR) is 73.3 cm³/mol. The second-order valence-electron chi connectivity index (χ2n) is 4.99. The van der Waals surface area contributed by atoms with Gasteiger partial charge in [-0.3, -0.25) is 0 Å². The summed E-state index contributed by atoms with van der Waals surface area (Å²) in [6.07, 6.45) is 6.29. The van der Waals surface area contributed by atoms with Gasteiger partial charge in [-0.2, -0.15) is 0 Å². The monoisotopic (exact) mass is 246 g/mol. The van der Waals surface area contributed by atoms with Crippen molar-refractivity contribution in [2.75, 3.05) is 0 Å². The van der Waals surface area contributed by atoms with E-state index in [9.17, 15) is 0 Å². The number of fused-ring (bicyclic) bond motifs is 1. The van der Waals surface area contributed by atoms with E-state index in [0.29, 0.717) is 6.04 Å². The third-order valence-corrected chi connectivity index (χ3v) is 4.81. The van der Waals surface area contributed by atoms with Crippen molar-refractivity contribution in [1.82, 2.24) is 4.98 Å². The fourth-order valence-electron chi connectivity index (χ4n) is 2.76. The van der Waals surface area contributed by atoms with Crippen LogP contribution in [0.25, 0.3) is 10.2 Å². The Kier molecular flexibility index (Phi) is 3.12. The van der Waals surface area contributed by atoms with Crippen molar-refractivity contribution in [3.05, 3.63) is 29.3 Å². The molecule has 2 aromatic rings. The first kappa shape index (κ1) is 11.2. The van der Waals surface area contributed by atoms with Crippen LogP contribution >= 0.6 is 11.3 Å². The Bertz CT molecular complexity index is 467. The van der Waals surface area contributed by atoms with Gasteiger partial charge in [0, 0.05) is 12.5 Å². The van der Waals surface area contributed by atoms with Gasteiger partial charge in [-0.15, -0.1) is 11.3 Å². The number of hydrogen-bond acceptors (Lipinski definition) is 3. The molecule has 1 aromatic heterocycles. The molecule has 17 heavy (non-hydrogen) atoms. The Balaban J connectivity index is 1.75. The van der Waals surface area contributed by atoms with E-state index in [-0.39, 0.29) is 0 Å². The first-order valence-corrected chi connectivity index (χ1v) is 7.24. The molecule has 0 radical (unpaired) electrons. The maximum atomic E-state index is 6.30. The lowest BCUT2D eigenvalue weighted by Gasteiger charge is -2.16. The van der Waals surface area contributed by atoms with Gasteiger partial charge in [0.15, 0.2) is 0 Å². The first-order valence-electron chi connectivity index (χ1n) is 6.43. The molecular formula is C14H18N2S. The molecule has 1 atom stereocenters. The number of nitrogens with zero attached hydrogens (tertiary/aromatic N) is 1. The van der Waals surface area contributed by atoms with Gasteiger partial charge in [0.2, 0.25) is 0 Å². The van der Waals surface area contributed by atoms with Crippen LogP contribution in [0.5, 0.6) is 0 Å². The summed E-state index contributed by atoms with van der Waals surface area (Å²) in [5, 5.41) is 1.20. The molecule has 0 aliphatic heterocycles. The molecule has 1 aromatic carbocycles. The molecule has 90 valence electrons. The summed E-state index contributed by atoms with van der Waals surface area (Å²) in [5.74, 6) is 0.724. The van der Waals surface area contributed by atoms with Crippen LogP contribution in [0.2, 0.25) is 0 Å². The summed E-state index contributed by atoms with van der Waals surface area (Å²) in [6, 6.07) is 8.64. The molecule has 3 rings (SSSR count). The SMILES string of the molecule is NC(Cc1nc2ccccc2s1)C1CCCC1. The number of thiazole rings is 1. The fourth-order valence-corrected chi connectivity index (χ4v) is 3.80. The van der Waals surface area contributed by atoms with E-state index in [2.05, 4.69) is 23.2 Å². The minimum absolute atomic E-state index is 0.304. The van der Waals surface area contributed by atoms with Gasteiger partial charge < -0.3 is 5.73 Å². The normalized spacial score (nSPS) is 18.9. The van der Waals surface area contributed by atoms with Gasteiger partial charge >= 0.3 is 0 Å². The Morgan fingerprint density at radius 1 is 1.29 bits per heavy atom. The average Bonchev–Trinajstić information content (AvgIpc) is 2.97. The predicted octanol–water partition coefficient (Wildman–Crippen LogP) is 3.36. The molecule has 1 saturated carbocycles. The van der Waals surface area contributed by atoms with Crippen molar-refractivity contribution in [3.63, 3.8) is 0 Å². The summed E-state index contributed by atoms with van der Waals surface area (Å²) in [6.45, 7) is 0. The van der Waals surface area contributed by atoms with Crippen LogP contribution in [0.15, 0.2) is 24.3 Å². The molecule has 1 aliphatic carbocycles. The lowest BCUT2D eigenvalue weighted by atomic mass is 9.97. The van der Waals surface area contributed by atoms with Gasteiger partial charge in [0.1, 0.15) is 0 Å². The van der Waals surface area contributed by atoms with Crippen molar-refractivity contribution >= 4 is 21.6 Å². The van der Waals surface area contributed by atoms with E-state index in [0.717, 1.165) is 17.9 Å². The van der Waals surface area contributed by atoms with Crippen LogP contribution in [-0.4, -0.2) is 11.0 Å². The molecule has 1 unspecified atom stereocenters. The molecule has 1 aliphatic rings. The summed E-state index contributed by atoms with van der Waals surface area (Å²) in [7, 11) is 0. The summed E-state index contributed by atoms with van der Waals surface area (Å²) < 4.78 is 1.28. The third kappa shape index (κ3) is 2.35. The minimum Gasteiger partial charge on any atom is -0.327 e. The maximum absolute atomic E-state index is 6.30. The topological polar surface area (TPSA) is 38.9 Å². The van der Waals surface area contributed by atoms with Gasteiger partial charge in [0.05, 0.1) is 15.2 Å². The molecule has 2 N–H and O–H groups in total. The van der Waals surface area contributed by atoms with E-state index in [4.69, 9.17) is 5.73 Å². The standard InChI is InChI=1S/C14H18N2S/c15-11(10-5-1-2-6-10)9-14-16-12-7-3-4-8-13(12)17-14/h3-4,7-8,10-11H,1-2,5-6,9,15H2. The lowest BCUT2D eigenvalue weighted by Crippen LogP contribution is -2.30. The smallest absolute Gasteiger partial charge is 0.0954 e. The van der Waals surface area contributed by atoms with E-state index in [1.54, 1.807) is 11.3 Å². The fraction of sp³-hybridized carbons (Fsp3) is 0.500. The molecule has 2 nitrogen and oxygen atoms in total. The van der Waals surface area contributed by atoms with Crippen molar-refractivity contribution in [1.29, 1.82) is 0 Å². The van der Waals surface area contributed by atoms with Crippen molar-refractivity contribution in [2.45, 2.75) is 38.1 Å². The highest BCUT2D eigenvalue weighted by Gasteiger charge is 2.22. The number of aromatic nitrogens is 1. The number of para-hydroxylation sites is 1. The highest BCUT2D eigenvalue weighted by molar-refractivity contribution is 7.18. The molecule has 0 saturated heterocycles. The molecular weight excluding hydrogens is 228 g/mol. The number of nitrogens with two attached hydrogens (primary N) is 1. The summed E-state index contributed by atoms with van der Waals surface area (Å²) >= 11 is 1.79. The van der Waals surface area contributed by atoms with Crippen molar-refractivity contribution < 1.29 is 0 Å². The van der Waals surface area contributed by atoms with E-state index >= 15 is 0 Å². The van der Waals surface area contributed by atoms with E-state index in [1.807, 2.05) is 6.07 Å². The zero-order chi connectivity index (χ0) is 11.7. The van der Waals surface area contributed by atoms with Gasteiger partial charge in [-0.25, -0.2) is 4.98 Å². The largest absolute Gasteiger partial charge is 0.327 e. The lowest BCUT2D eigenvalue weighted by molar-refractivity contribution is 0.429. The van der Waals surface area contributed by atoms with E-state index in [1.165, 1.54) is 35.4 Å². The molecule has 1 fully saturated rings. The third-order valence-electron chi connectivity index (χ3n) is 3.75. The van der Waals surface area contributed by atoms with Gasteiger partial charge in [-0.1, -0.05) is 25.0 Å². The Hall–Kier alpha value is -0.930. The molecule has 3 heteroatoms. The van der Waals surface area contributed by atoms with Gasteiger partial charge in [0.25, 0.3) is 0 Å². The average molecular weight is 246 g/mol. The van der Waals surface area contributed by atoms with Crippen molar-refractivity contribution in [2.24, 2.45) is 11.7 Å². The van der Waals surface area contributed by atoms with E-state index < -0.39 is 0 Å². The van der Waals surface area contributed by atoms with Crippen LogP contribution in [-0.2, 0) is 6.42 Å². The molecule has 1 heterocycles. The molecule has 0 amide bonds. The Morgan fingerprint density at radius 3 is 2.82 bits per heavy atom. The highest BCUT2D eigenvalue weighted by atomic mass is 32.1. The quantitative estimate of drug-likeness (QED) is 0.902. The molecule has 0 spiro atoms. The highest BCUT2D eigenvalue weighted by Crippen LogP contribution is 2.29. The number of benzene rings is 1.